The molecular weight excluding hydrogens is 598 g/mol. The molecule has 0 saturated carbocycles. The van der Waals surface area contributed by atoms with Gasteiger partial charge in [0.05, 0.1) is 28.0 Å². The number of rotatable bonds is 7. The van der Waals surface area contributed by atoms with Crippen LogP contribution in [0.4, 0.5) is 0 Å². The number of nitrogens with one attached hydrogen (secondary N) is 1. The van der Waals surface area contributed by atoms with Crippen molar-refractivity contribution in [3.63, 3.8) is 0 Å². The molecule has 1 spiro atoms. The summed E-state index contributed by atoms with van der Waals surface area (Å²) < 4.78 is 8.81. The summed E-state index contributed by atoms with van der Waals surface area (Å²) in [5.74, 6) is 0.297. The van der Waals surface area contributed by atoms with Crippen molar-refractivity contribution in [1.82, 2.24) is 24.8 Å². The number of carboxylic acid groups (broad SMARTS) is 1. The van der Waals surface area contributed by atoms with Gasteiger partial charge in [-0.25, -0.2) is 9.78 Å². The Morgan fingerprint density at radius 1 is 1.23 bits per heavy atom. The number of thiophene rings is 1. The van der Waals surface area contributed by atoms with E-state index in [2.05, 4.69) is 15.2 Å². The predicted molar refractivity (Wildman–Crippen MR) is 172 cm³/mol. The van der Waals surface area contributed by atoms with E-state index in [4.69, 9.17) is 21.3 Å². The summed E-state index contributed by atoms with van der Waals surface area (Å²) in [6.07, 6.45) is 5.19. The van der Waals surface area contributed by atoms with Gasteiger partial charge in [-0.1, -0.05) is 11.6 Å². The van der Waals surface area contributed by atoms with E-state index in [0.29, 0.717) is 45.8 Å². The third-order valence-corrected chi connectivity index (χ3v) is 10.8. The minimum atomic E-state index is -1.01. The fourth-order valence-corrected chi connectivity index (χ4v) is 8.52. The molecule has 2 saturated heterocycles. The molecule has 230 valence electrons. The van der Waals surface area contributed by atoms with Crippen molar-refractivity contribution in [2.75, 3.05) is 32.8 Å². The van der Waals surface area contributed by atoms with Crippen LogP contribution in [0, 0.1) is 19.3 Å². The highest BCUT2D eigenvalue weighted by molar-refractivity contribution is 7.18. The Morgan fingerprint density at radius 2 is 2.07 bits per heavy atom. The number of pyridine rings is 1. The molecule has 0 bridgehead atoms. The Hall–Kier alpha value is -3.31. The van der Waals surface area contributed by atoms with E-state index >= 15 is 0 Å². The van der Waals surface area contributed by atoms with Gasteiger partial charge >= 0.3 is 5.97 Å². The summed E-state index contributed by atoms with van der Waals surface area (Å²) in [4.78, 5) is 37.5. The van der Waals surface area contributed by atoms with Gasteiger partial charge in [0.1, 0.15) is 18.2 Å². The van der Waals surface area contributed by atoms with Gasteiger partial charge in [0.15, 0.2) is 0 Å². The molecule has 4 aromatic rings. The molecule has 44 heavy (non-hydrogen) atoms. The van der Waals surface area contributed by atoms with Crippen LogP contribution < -0.4 is 15.6 Å². The summed E-state index contributed by atoms with van der Waals surface area (Å²) in [5.41, 5.74) is 5.15. The first-order valence-corrected chi connectivity index (χ1v) is 16.6. The van der Waals surface area contributed by atoms with Crippen LogP contribution in [-0.4, -0.2) is 69.3 Å². The fraction of sp³-hybridized carbons (Fsp3) is 0.455. The van der Waals surface area contributed by atoms with E-state index in [1.54, 1.807) is 16.0 Å². The van der Waals surface area contributed by atoms with E-state index < -0.39 is 5.97 Å². The first kappa shape index (κ1) is 29.4. The standard InChI is InChI=1S/C33H36ClN5O4S/c1-19-12-24(30-29(36-19)26(15-44-30)32(41)42)23-13-21(34)4-7-28(23)43-11-10-39-20(2)37-27-6-5-22(14-25(27)31(39)40)38-17-33(18-38)8-3-9-35-16-33/h4,7,12-13,15,22,35H,3,5-6,8-11,14,16-18H2,1-2H3,(H,41,42)/t22-/m0/s1. The normalized spacial score (nSPS) is 19.6. The Balaban J connectivity index is 1.10. The topological polar surface area (TPSA) is 110 Å². The number of aromatic carboxylic acids is 1. The summed E-state index contributed by atoms with van der Waals surface area (Å²) in [5, 5.41) is 15.4. The molecule has 11 heteroatoms. The Morgan fingerprint density at radius 3 is 2.84 bits per heavy atom. The number of ether oxygens (including phenoxy) is 1. The molecule has 2 fully saturated rings. The predicted octanol–water partition coefficient (Wildman–Crippen LogP) is 5.11. The molecule has 1 atom stereocenters. The quantitative estimate of drug-likeness (QED) is 0.289. The highest BCUT2D eigenvalue weighted by atomic mass is 35.5. The molecule has 3 aliphatic rings. The van der Waals surface area contributed by atoms with Crippen LogP contribution in [0.15, 0.2) is 34.4 Å². The van der Waals surface area contributed by atoms with Crippen LogP contribution >= 0.6 is 22.9 Å². The number of carboxylic acids is 1. The van der Waals surface area contributed by atoms with Crippen molar-refractivity contribution in [2.24, 2.45) is 5.41 Å². The van der Waals surface area contributed by atoms with Crippen LogP contribution in [0.5, 0.6) is 5.75 Å². The number of hydrogen-bond donors (Lipinski definition) is 2. The Labute approximate surface area is 264 Å². The maximum absolute atomic E-state index is 13.8. The van der Waals surface area contributed by atoms with Crippen molar-refractivity contribution in [3.05, 3.63) is 73.4 Å². The van der Waals surface area contributed by atoms with Crippen molar-refractivity contribution in [1.29, 1.82) is 0 Å². The lowest BCUT2D eigenvalue weighted by atomic mass is 9.72. The van der Waals surface area contributed by atoms with Crippen LogP contribution in [-0.2, 0) is 19.4 Å². The van der Waals surface area contributed by atoms with E-state index in [-0.39, 0.29) is 17.7 Å². The Bertz CT molecular complexity index is 1820. The van der Waals surface area contributed by atoms with Crippen molar-refractivity contribution in [3.8, 4) is 16.9 Å². The second-order valence-electron chi connectivity index (χ2n) is 12.6. The van der Waals surface area contributed by atoms with E-state index in [1.165, 1.54) is 24.2 Å². The number of hydrogen-bond acceptors (Lipinski definition) is 8. The second-order valence-corrected chi connectivity index (χ2v) is 13.9. The summed E-state index contributed by atoms with van der Waals surface area (Å²) in [6.45, 7) is 8.84. The monoisotopic (exact) mass is 633 g/mol. The average molecular weight is 634 g/mol. The summed E-state index contributed by atoms with van der Waals surface area (Å²) in [6, 6.07) is 7.73. The SMILES string of the molecule is Cc1cc(-c2cc(Cl)ccc2OCCn2c(C)nc3c(c2=O)C[C@@H](N2CC4(CCCNC4)C2)CC3)c2scc(C(=O)O)c2n1. The van der Waals surface area contributed by atoms with Gasteiger partial charge in [0.2, 0.25) is 0 Å². The maximum atomic E-state index is 13.8. The van der Waals surface area contributed by atoms with Gasteiger partial charge in [-0.15, -0.1) is 11.3 Å². The molecule has 0 radical (unpaired) electrons. The lowest BCUT2D eigenvalue weighted by Gasteiger charge is -2.56. The van der Waals surface area contributed by atoms with Crippen molar-refractivity contribution < 1.29 is 14.6 Å². The van der Waals surface area contributed by atoms with Gasteiger partial charge in [-0.2, -0.15) is 0 Å². The molecule has 7 rings (SSSR count). The lowest BCUT2D eigenvalue weighted by molar-refractivity contribution is -0.0490. The maximum Gasteiger partial charge on any atom is 0.338 e. The van der Waals surface area contributed by atoms with Gasteiger partial charge in [0, 0.05) is 63.9 Å². The highest BCUT2D eigenvalue weighted by Gasteiger charge is 2.46. The smallest absolute Gasteiger partial charge is 0.338 e. The first-order valence-electron chi connectivity index (χ1n) is 15.3. The second kappa shape index (κ2) is 11.6. The minimum Gasteiger partial charge on any atom is -0.491 e. The third-order valence-electron chi connectivity index (χ3n) is 9.53. The zero-order valence-corrected chi connectivity index (χ0v) is 26.6. The first-order chi connectivity index (χ1) is 21.2. The highest BCUT2D eigenvalue weighted by Crippen LogP contribution is 2.41. The molecule has 3 aromatic heterocycles. The van der Waals surface area contributed by atoms with E-state index in [1.807, 2.05) is 32.0 Å². The molecule has 0 amide bonds. The van der Waals surface area contributed by atoms with Gasteiger partial charge in [-0.3, -0.25) is 19.2 Å². The van der Waals surface area contributed by atoms with Crippen molar-refractivity contribution in [2.45, 2.75) is 58.5 Å². The molecule has 1 aromatic carbocycles. The van der Waals surface area contributed by atoms with Crippen LogP contribution in [0.25, 0.3) is 21.3 Å². The number of benzene rings is 1. The minimum absolute atomic E-state index is 0.0398. The van der Waals surface area contributed by atoms with Crippen LogP contribution in [0.2, 0.25) is 5.02 Å². The number of nitrogens with zero attached hydrogens (tertiary/aromatic N) is 4. The average Bonchev–Trinajstić information content (AvgIpc) is 3.42. The number of aromatic nitrogens is 3. The number of likely N-dealkylation sites (tertiary alicyclic amines) is 1. The largest absolute Gasteiger partial charge is 0.491 e. The number of halogens is 1. The number of carbonyl (C=O) groups is 1. The molecule has 2 aliphatic heterocycles. The molecule has 1 aliphatic carbocycles. The van der Waals surface area contributed by atoms with Crippen molar-refractivity contribution >= 4 is 39.1 Å². The molecular formula is C33H36ClN5O4S. The summed E-state index contributed by atoms with van der Waals surface area (Å²) in [7, 11) is 0. The zero-order chi connectivity index (χ0) is 30.6. The number of piperidine rings is 1. The zero-order valence-electron chi connectivity index (χ0n) is 25.0. The lowest BCUT2D eigenvalue weighted by Crippen LogP contribution is -2.65. The molecule has 2 N–H and O–H groups in total. The van der Waals surface area contributed by atoms with Gasteiger partial charge < -0.3 is 15.2 Å². The summed E-state index contributed by atoms with van der Waals surface area (Å²) >= 11 is 7.76. The molecule has 0 unspecified atom stereocenters. The van der Waals surface area contributed by atoms with E-state index in [0.717, 1.165) is 72.5 Å². The molecule has 5 heterocycles. The Kier molecular flexibility index (Phi) is 7.73. The van der Waals surface area contributed by atoms with Crippen LogP contribution in [0.1, 0.15) is 52.4 Å². The third kappa shape index (κ3) is 5.31. The number of fused-ring (bicyclic) bond motifs is 2. The fourth-order valence-electron chi connectivity index (χ4n) is 7.33. The molecule has 9 nitrogen and oxygen atoms in total. The van der Waals surface area contributed by atoms with Gasteiger partial charge in [0.25, 0.3) is 5.56 Å². The number of aryl methyl sites for hydroxylation is 3. The van der Waals surface area contributed by atoms with E-state index in [9.17, 15) is 14.7 Å². The van der Waals surface area contributed by atoms with Gasteiger partial charge in [-0.05, 0) is 76.8 Å². The van der Waals surface area contributed by atoms with Crippen LogP contribution in [0.3, 0.4) is 0 Å².